The van der Waals surface area contributed by atoms with Crippen molar-refractivity contribution in [3.63, 3.8) is 0 Å². The lowest BCUT2D eigenvalue weighted by molar-refractivity contribution is 0.0961. The van der Waals surface area contributed by atoms with Crippen molar-refractivity contribution in [1.82, 2.24) is 15.3 Å². The lowest BCUT2D eigenvalue weighted by Gasteiger charge is -2.26. The second-order valence-electron chi connectivity index (χ2n) is 8.15. The number of aryl methyl sites for hydroxylation is 1. The van der Waals surface area contributed by atoms with E-state index in [1.165, 1.54) is 24.5 Å². The summed E-state index contributed by atoms with van der Waals surface area (Å²) in [7, 11) is 0. The number of amides is 2. The molecule has 0 unspecified atom stereocenters. The monoisotopic (exact) mass is 485 g/mol. The maximum atomic E-state index is 15.0. The van der Waals surface area contributed by atoms with Gasteiger partial charge in [-0.1, -0.05) is 17.7 Å². The van der Waals surface area contributed by atoms with E-state index in [9.17, 15) is 14.0 Å². The minimum Gasteiger partial charge on any atom is -0.493 e. The summed E-state index contributed by atoms with van der Waals surface area (Å²) in [5.41, 5.74) is 5.82. The number of anilines is 2. The number of hydrogen-bond acceptors (Lipinski definition) is 5. The number of ether oxygens (including phenoxy) is 1. The third-order valence-electron chi connectivity index (χ3n) is 5.80. The Bertz CT molecular complexity index is 1190. The summed E-state index contributed by atoms with van der Waals surface area (Å²) in [5, 5.41) is 3.36. The van der Waals surface area contributed by atoms with Crippen LogP contribution in [0.15, 0.2) is 42.7 Å². The Morgan fingerprint density at radius 1 is 1.26 bits per heavy atom. The number of carbonyl (C=O) groups excluding carboxylic acids is 2. The van der Waals surface area contributed by atoms with Gasteiger partial charge in [-0.05, 0) is 74.7 Å². The number of aromatic amines is 1. The van der Waals surface area contributed by atoms with Crippen LogP contribution in [0.3, 0.4) is 0 Å². The molecule has 0 bridgehead atoms. The largest absolute Gasteiger partial charge is 0.493 e. The van der Waals surface area contributed by atoms with Crippen molar-refractivity contribution in [2.45, 2.75) is 19.8 Å². The van der Waals surface area contributed by atoms with Crippen LogP contribution in [-0.4, -0.2) is 41.5 Å². The van der Waals surface area contributed by atoms with Crippen LogP contribution < -0.4 is 20.7 Å². The van der Waals surface area contributed by atoms with Gasteiger partial charge in [-0.15, -0.1) is 0 Å². The van der Waals surface area contributed by atoms with E-state index in [4.69, 9.17) is 22.1 Å². The molecule has 4 rings (SSSR count). The standard InChI is InChI=1S/C24H25ClFN5O3/c1-14-11-16(34-12-15-7-9-28-10-8-15)5-6-19(14)31(22-17(25)3-2-4-18(22)26)24(33)21-20(23(27)32)29-13-30-21/h2-6,11,13,15,28H,7-10,12H2,1H3,(H2,27,32)(H,29,30). The van der Waals surface area contributed by atoms with Gasteiger partial charge >= 0.3 is 0 Å². The lowest BCUT2D eigenvalue weighted by Crippen LogP contribution is -2.31. The molecule has 1 fully saturated rings. The number of piperidine rings is 1. The Kier molecular flexibility index (Phi) is 7.14. The van der Waals surface area contributed by atoms with Crippen molar-refractivity contribution in [2.75, 3.05) is 24.6 Å². The second-order valence-corrected chi connectivity index (χ2v) is 8.56. The fourth-order valence-corrected chi connectivity index (χ4v) is 4.27. The van der Waals surface area contributed by atoms with Crippen LogP contribution >= 0.6 is 11.6 Å². The first kappa shape index (κ1) is 23.7. The molecule has 3 aromatic rings. The topological polar surface area (TPSA) is 113 Å². The Balaban J connectivity index is 1.71. The van der Waals surface area contributed by atoms with Gasteiger partial charge in [0.05, 0.1) is 23.6 Å². The number of nitrogens with one attached hydrogen (secondary N) is 2. The van der Waals surface area contributed by atoms with Gasteiger partial charge in [0.1, 0.15) is 22.9 Å². The molecule has 4 N–H and O–H groups in total. The number of primary amides is 1. The third kappa shape index (κ3) is 4.90. The van der Waals surface area contributed by atoms with Gasteiger partial charge in [0.25, 0.3) is 11.8 Å². The molecule has 2 heterocycles. The quantitative estimate of drug-likeness (QED) is 0.468. The molecule has 1 aromatic heterocycles. The molecule has 2 amide bonds. The first-order valence-electron chi connectivity index (χ1n) is 10.9. The minimum absolute atomic E-state index is 0.0270. The van der Waals surface area contributed by atoms with Gasteiger partial charge in [0.2, 0.25) is 0 Å². The molecule has 1 aliphatic heterocycles. The van der Waals surface area contributed by atoms with Crippen molar-refractivity contribution in [3.8, 4) is 5.75 Å². The smallest absolute Gasteiger partial charge is 0.281 e. The number of carbonyl (C=O) groups is 2. The van der Waals surface area contributed by atoms with Crippen LogP contribution in [0.1, 0.15) is 39.4 Å². The highest BCUT2D eigenvalue weighted by atomic mass is 35.5. The number of benzene rings is 2. The minimum atomic E-state index is -0.887. The molecule has 34 heavy (non-hydrogen) atoms. The predicted octanol–water partition coefficient (Wildman–Crippen LogP) is 3.97. The molecule has 0 atom stereocenters. The average Bonchev–Trinajstić information content (AvgIpc) is 3.32. The zero-order valence-corrected chi connectivity index (χ0v) is 19.4. The van der Waals surface area contributed by atoms with E-state index in [1.807, 2.05) is 0 Å². The number of imidazole rings is 1. The summed E-state index contributed by atoms with van der Waals surface area (Å²) in [6.45, 7) is 4.34. The molecule has 0 spiro atoms. The molecule has 0 radical (unpaired) electrons. The zero-order chi connectivity index (χ0) is 24.2. The van der Waals surface area contributed by atoms with E-state index >= 15 is 0 Å². The van der Waals surface area contributed by atoms with Gasteiger partial charge in [0, 0.05) is 0 Å². The molecular weight excluding hydrogens is 461 g/mol. The number of para-hydroxylation sites is 1. The van der Waals surface area contributed by atoms with Gasteiger partial charge in [-0.25, -0.2) is 9.37 Å². The number of aromatic nitrogens is 2. The Labute approximate surface area is 201 Å². The third-order valence-corrected chi connectivity index (χ3v) is 6.11. The van der Waals surface area contributed by atoms with Crippen LogP contribution in [-0.2, 0) is 0 Å². The van der Waals surface area contributed by atoms with Crippen LogP contribution in [0.25, 0.3) is 0 Å². The number of halogens is 2. The molecule has 8 nitrogen and oxygen atoms in total. The van der Waals surface area contributed by atoms with E-state index < -0.39 is 17.6 Å². The summed E-state index contributed by atoms with van der Waals surface area (Å²) < 4.78 is 20.9. The highest BCUT2D eigenvalue weighted by Gasteiger charge is 2.30. The second kappa shape index (κ2) is 10.2. The Hall–Kier alpha value is -3.43. The van der Waals surface area contributed by atoms with E-state index in [1.54, 1.807) is 25.1 Å². The molecule has 10 heteroatoms. The van der Waals surface area contributed by atoms with Crippen LogP contribution in [0.2, 0.25) is 5.02 Å². The van der Waals surface area contributed by atoms with E-state index in [-0.39, 0.29) is 22.1 Å². The number of H-pyrrole nitrogens is 1. The molecule has 0 aliphatic carbocycles. The van der Waals surface area contributed by atoms with E-state index in [0.717, 1.165) is 30.8 Å². The van der Waals surface area contributed by atoms with Gasteiger partial charge in [-0.2, -0.15) is 0 Å². The summed E-state index contributed by atoms with van der Waals surface area (Å²) in [4.78, 5) is 32.9. The van der Waals surface area contributed by atoms with Crippen molar-refractivity contribution in [1.29, 1.82) is 0 Å². The molecule has 1 saturated heterocycles. The van der Waals surface area contributed by atoms with Crippen molar-refractivity contribution in [3.05, 3.63) is 70.5 Å². The van der Waals surface area contributed by atoms with Crippen molar-refractivity contribution >= 4 is 34.8 Å². The fraction of sp³-hybridized carbons (Fsp3) is 0.292. The van der Waals surface area contributed by atoms with E-state index in [0.29, 0.717) is 29.5 Å². The lowest BCUT2D eigenvalue weighted by atomic mass is 9.99. The van der Waals surface area contributed by atoms with Crippen LogP contribution in [0, 0.1) is 18.7 Å². The van der Waals surface area contributed by atoms with E-state index in [2.05, 4.69) is 15.3 Å². The number of hydrogen-bond donors (Lipinski definition) is 3. The number of rotatable bonds is 7. The summed E-state index contributed by atoms with van der Waals surface area (Å²) in [6.07, 6.45) is 3.29. The molecule has 2 aromatic carbocycles. The maximum absolute atomic E-state index is 15.0. The number of nitrogens with zero attached hydrogens (tertiary/aromatic N) is 2. The Morgan fingerprint density at radius 3 is 2.71 bits per heavy atom. The molecular formula is C24H25ClFN5O3. The number of nitrogens with two attached hydrogens (primary N) is 1. The van der Waals surface area contributed by atoms with Crippen LogP contribution in [0.4, 0.5) is 15.8 Å². The van der Waals surface area contributed by atoms with Crippen molar-refractivity contribution in [2.24, 2.45) is 11.7 Å². The summed E-state index contributed by atoms with van der Waals surface area (Å²) in [5.74, 6) is -1.20. The first-order valence-corrected chi connectivity index (χ1v) is 11.3. The van der Waals surface area contributed by atoms with Gasteiger partial charge in [-0.3, -0.25) is 14.5 Å². The predicted molar refractivity (Wildman–Crippen MR) is 127 cm³/mol. The fourth-order valence-electron chi connectivity index (χ4n) is 4.02. The summed E-state index contributed by atoms with van der Waals surface area (Å²) in [6, 6.07) is 9.30. The first-order chi connectivity index (χ1) is 16.4. The molecule has 1 aliphatic rings. The van der Waals surface area contributed by atoms with Gasteiger partial charge < -0.3 is 20.8 Å². The van der Waals surface area contributed by atoms with Gasteiger partial charge in [0.15, 0.2) is 5.69 Å². The maximum Gasteiger partial charge on any atom is 0.281 e. The Morgan fingerprint density at radius 2 is 2.03 bits per heavy atom. The highest BCUT2D eigenvalue weighted by Crippen LogP contribution is 2.38. The van der Waals surface area contributed by atoms with Crippen LogP contribution in [0.5, 0.6) is 5.75 Å². The molecule has 178 valence electrons. The zero-order valence-electron chi connectivity index (χ0n) is 18.6. The van der Waals surface area contributed by atoms with Crippen molar-refractivity contribution < 1.29 is 18.7 Å². The molecule has 0 saturated carbocycles. The average molecular weight is 486 g/mol. The SMILES string of the molecule is Cc1cc(OCC2CCNCC2)ccc1N(C(=O)c1[nH]cnc1C(N)=O)c1c(F)cccc1Cl. The summed E-state index contributed by atoms with van der Waals surface area (Å²) >= 11 is 6.32. The normalized spacial score (nSPS) is 14.1. The highest BCUT2D eigenvalue weighted by molar-refractivity contribution is 6.34.